The lowest BCUT2D eigenvalue weighted by Gasteiger charge is -2.15. The van der Waals surface area contributed by atoms with Crippen LogP contribution >= 0.6 is 0 Å². The van der Waals surface area contributed by atoms with Gasteiger partial charge in [-0.25, -0.2) is 0 Å². The third kappa shape index (κ3) is 2.05. The van der Waals surface area contributed by atoms with Crippen molar-refractivity contribution in [3.05, 3.63) is 23.4 Å². The van der Waals surface area contributed by atoms with Crippen molar-refractivity contribution in [2.24, 2.45) is 0 Å². The molecule has 2 heterocycles. The molecular weight excluding hydrogens is 252 g/mol. The summed E-state index contributed by atoms with van der Waals surface area (Å²) >= 11 is 0. The van der Waals surface area contributed by atoms with Crippen molar-refractivity contribution in [2.75, 3.05) is 25.6 Å². The number of hydrogen-bond donors (Lipinski definition) is 1. The number of anilines is 1. The monoisotopic (exact) mass is 272 g/mol. The lowest BCUT2D eigenvalue weighted by molar-refractivity contribution is 0.297. The summed E-state index contributed by atoms with van der Waals surface area (Å²) in [5.41, 5.74) is 4.41. The average Bonchev–Trinajstić information content (AvgIpc) is 2.69. The van der Waals surface area contributed by atoms with Crippen LogP contribution in [0, 0.1) is 6.92 Å². The van der Waals surface area contributed by atoms with Gasteiger partial charge in [0.15, 0.2) is 11.5 Å². The third-order valence-electron chi connectivity index (χ3n) is 3.78. The summed E-state index contributed by atoms with van der Waals surface area (Å²) in [4.78, 5) is 4.77. The summed E-state index contributed by atoms with van der Waals surface area (Å²) in [6.07, 6.45) is 1.83. The van der Waals surface area contributed by atoms with E-state index >= 15 is 0 Å². The summed E-state index contributed by atoms with van der Waals surface area (Å²) in [5.74, 6) is 1.62. The maximum absolute atomic E-state index is 5.77. The molecule has 20 heavy (non-hydrogen) atoms. The second-order valence-electron chi connectivity index (χ2n) is 5.03. The summed E-state index contributed by atoms with van der Waals surface area (Å²) in [6, 6.07) is 4.04. The lowest BCUT2D eigenvalue weighted by atomic mass is 10.0. The summed E-state index contributed by atoms with van der Waals surface area (Å²) in [7, 11) is 1.95. The van der Waals surface area contributed by atoms with Crippen molar-refractivity contribution >= 4 is 16.6 Å². The molecule has 1 aromatic carbocycles. The number of nitrogens with zero attached hydrogens (tertiary/aromatic N) is 1. The van der Waals surface area contributed by atoms with E-state index in [1.807, 2.05) is 19.2 Å². The molecule has 106 valence electrons. The highest BCUT2D eigenvalue weighted by atomic mass is 16.5. The van der Waals surface area contributed by atoms with Crippen LogP contribution in [0.4, 0.5) is 5.69 Å². The van der Waals surface area contributed by atoms with Gasteiger partial charge in [-0.3, -0.25) is 4.98 Å². The standard InChI is InChI=1S/C16H20N2O2/c1-4-12-10(2)16(17-3)11-8-14-15(9-13(11)18-12)20-7-5-6-19-14/h8-9H,4-7H2,1-3H3,(H,17,18). The predicted molar refractivity (Wildman–Crippen MR) is 81.0 cm³/mol. The van der Waals surface area contributed by atoms with Crippen LogP contribution in [0.5, 0.6) is 11.5 Å². The van der Waals surface area contributed by atoms with E-state index in [2.05, 4.69) is 19.2 Å². The highest BCUT2D eigenvalue weighted by Crippen LogP contribution is 2.38. The largest absolute Gasteiger partial charge is 0.490 e. The topological polar surface area (TPSA) is 43.4 Å². The van der Waals surface area contributed by atoms with Gasteiger partial charge in [-0.2, -0.15) is 0 Å². The first-order valence-electron chi connectivity index (χ1n) is 7.15. The number of hydrogen-bond acceptors (Lipinski definition) is 4. The van der Waals surface area contributed by atoms with Crippen molar-refractivity contribution in [1.82, 2.24) is 4.98 Å². The number of rotatable bonds is 2. The highest BCUT2D eigenvalue weighted by Gasteiger charge is 2.16. The second-order valence-corrected chi connectivity index (χ2v) is 5.03. The van der Waals surface area contributed by atoms with Crippen molar-refractivity contribution < 1.29 is 9.47 Å². The zero-order valence-corrected chi connectivity index (χ0v) is 12.2. The Morgan fingerprint density at radius 1 is 1.20 bits per heavy atom. The van der Waals surface area contributed by atoms with Crippen molar-refractivity contribution in [2.45, 2.75) is 26.7 Å². The number of ether oxygens (including phenoxy) is 2. The van der Waals surface area contributed by atoms with E-state index in [9.17, 15) is 0 Å². The van der Waals surface area contributed by atoms with Gasteiger partial charge >= 0.3 is 0 Å². The van der Waals surface area contributed by atoms with Gasteiger partial charge in [-0.1, -0.05) is 6.92 Å². The molecule has 0 saturated carbocycles. The number of aryl methyl sites for hydroxylation is 1. The molecule has 1 aromatic heterocycles. The van der Waals surface area contributed by atoms with Gasteiger partial charge < -0.3 is 14.8 Å². The second kappa shape index (κ2) is 5.19. The molecule has 0 amide bonds. The van der Waals surface area contributed by atoms with Gasteiger partial charge in [0, 0.05) is 36.3 Å². The Bertz CT molecular complexity index is 653. The molecule has 0 atom stereocenters. The van der Waals surface area contributed by atoms with Crippen LogP contribution < -0.4 is 14.8 Å². The molecule has 3 rings (SSSR count). The number of aromatic nitrogens is 1. The molecule has 4 nitrogen and oxygen atoms in total. The minimum atomic E-state index is 0.698. The van der Waals surface area contributed by atoms with E-state index in [1.165, 1.54) is 5.56 Å². The zero-order chi connectivity index (χ0) is 14.1. The Hall–Kier alpha value is -1.97. The van der Waals surface area contributed by atoms with E-state index in [0.717, 1.165) is 46.6 Å². The Labute approximate surface area is 119 Å². The predicted octanol–water partition coefficient (Wildman–Crippen LogP) is 3.31. The molecule has 1 aliphatic heterocycles. The summed E-state index contributed by atoms with van der Waals surface area (Å²) in [6.45, 7) is 5.64. The summed E-state index contributed by atoms with van der Waals surface area (Å²) < 4.78 is 11.5. The molecule has 1 N–H and O–H groups in total. The van der Waals surface area contributed by atoms with Gasteiger partial charge in [0.1, 0.15) is 0 Å². The van der Waals surface area contributed by atoms with Crippen LogP contribution in [0.3, 0.4) is 0 Å². The average molecular weight is 272 g/mol. The van der Waals surface area contributed by atoms with Crippen LogP contribution in [0.2, 0.25) is 0 Å². The fourth-order valence-electron chi connectivity index (χ4n) is 2.73. The molecule has 0 radical (unpaired) electrons. The summed E-state index contributed by atoms with van der Waals surface area (Å²) in [5, 5.41) is 4.39. The molecule has 1 aliphatic rings. The van der Waals surface area contributed by atoms with Crippen LogP contribution in [0.15, 0.2) is 12.1 Å². The molecular formula is C16H20N2O2. The Morgan fingerprint density at radius 2 is 1.90 bits per heavy atom. The van der Waals surface area contributed by atoms with Crippen molar-refractivity contribution in [3.63, 3.8) is 0 Å². The first-order chi connectivity index (χ1) is 9.74. The van der Waals surface area contributed by atoms with Crippen LogP contribution in [0.25, 0.3) is 10.9 Å². The van der Waals surface area contributed by atoms with Gasteiger partial charge in [-0.15, -0.1) is 0 Å². The van der Waals surface area contributed by atoms with Crippen LogP contribution in [-0.4, -0.2) is 25.2 Å². The molecule has 0 fully saturated rings. The number of benzene rings is 1. The minimum absolute atomic E-state index is 0.698. The molecule has 0 aliphatic carbocycles. The zero-order valence-electron chi connectivity index (χ0n) is 12.2. The van der Waals surface area contributed by atoms with Crippen LogP contribution in [0.1, 0.15) is 24.6 Å². The SMILES string of the molecule is CCc1nc2cc3c(cc2c(NC)c1C)OCCCO3. The maximum Gasteiger partial charge on any atom is 0.163 e. The Kier molecular flexibility index (Phi) is 3.38. The van der Waals surface area contributed by atoms with Crippen LogP contribution in [-0.2, 0) is 6.42 Å². The molecule has 0 saturated heterocycles. The third-order valence-corrected chi connectivity index (χ3v) is 3.78. The van der Waals surface area contributed by atoms with E-state index in [-0.39, 0.29) is 0 Å². The fourth-order valence-corrected chi connectivity index (χ4v) is 2.73. The smallest absolute Gasteiger partial charge is 0.163 e. The molecule has 0 spiro atoms. The van der Waals surface area contributed by atoms with E-state index in [4.69, 9.17) is 14.5 Å². The molecule has 4 heteroatoms. The molecule has 2 aromatic rings. The number of pyridine rings is 1. The lowest BCUT2D eigenvalue weighted by Crippen LogP contribution is -2.02. The fraction of sp³-hybridized carbons (Fsp3) is 0.438. The highest BCUT2D eigenvalue weighted by molar-refractivity contribution is 5.95. The van der Waals surface area contributed by atoms with E-state index < -0.39 is 0 Å². The number of nitrogens with one attached hydrogen (secondary N) is 1. The maximum atomic E-state index is 5.77. The quantitative estimate of drug-likeness (QED) is 0.911. The normalized spacial score (nSPS) is 14.2. The first-order valence-corrected chi connectivity index (χ1v) is 7.15. The van der Waals surface area contributed by atoms with Crippen molar-refractivity contribution in [1.29, 1.82) is 0 Å². The van der Waals surface area contributed by atoms with Gasteiger partial charge in [-0.05, 0) is 25.0 Å². The van der Waals surface area contributed by atoms with E-state index in [0.29, 0.717) is 13.2 Å². The van der Waals surface area contributed by atoms with Gasteiger partial charge in [0.2, 0.25) is 0 Å². The van der Waals surface area contributed by atoms with E-state index in [1.54, 1.807) is 0 Å². The number of fused-ring (bicyclic) bond motifs is 2. The minimum Gasteiger partial charge on any atom is -0.490 e. The molecule has 0 bridgehead atoms. The first kappa shape index (κ1) is 13.0. The van der Waals surface area contributed by atoms with Crippen molar-refractivity contribution in [3.8, 4) is 11.5 Å². The molecule has 0 unspecified atom stereocenters. The van der Waals surface area contributed by atoms with Gasteiger partial charge in [0.25, 0.3) is 0 Å². The Morgan fingerprint density at radius 3 is 2.55 bits per heavy atom. The Balaban J connectivity index is 2.28. The van der Waals surface area contributed by atoms with Gasteiger partial charge in [0.05, 0.1) is 18.7 Å².